The summed E-state index contributed by atoms with van der Waals surface area (Å²) in [5.41, 5.74) is 7.33. The molecule has 2 aromatic rings. The van der Waals surface area contributed by atoms with Crippen LogP contribution in [0.25, 0.3) is 0 Å². The number of nitrogens with one attached hydrogen (secondary N) is 1. The van der Waals surface area contributed by atoms with Gasteiger partial charge in [-0.15, -0.1) is 0 Å². The topological polar surface area (TPSA) is 89.3 Å². The smallest absolute Gasteiger partial charge is 0.255 e. The van der Waals surface area contributed by atoms with Gasteiger partial charge in [0.05, 0.1) is 0 Å². The first-order chi connectivity index (χ1) is 10.5. The molecule has 2 aromatic carbocycles. The standard InChI is InChI=1S/C16H16N2O3S/c1-22(21)10-11-4-2-6-13(8-11)16(20)18-14-7-3-5-12(9-14)15(17)19/h2-9H,10H2,1H3,(H2,17,19)(H,18,20)/t22-/m0/s1. The monoisotopic (exact) mass is 316 g/mol. The average molecular weight is 316 g/mol. The van der Waals surface area contributed by atoms with E-state index in [0.29, 0.717) is 22.6 Å². The number of carbonyl (C=O) groups is 2. The first kappa shape index (κ1) is 15.9. The average Bonchev–Trinajstić information content (AvgIpc) is 2.47. The molecule has 0 saturated carbocycles. The SMILES string of the molecule is C[S@](=O)Cc1cccc(C(=O)Nc2cccc(C(N)=O)c2)c1. The predicted octanol–water partition coefficient (Wildman–Crippen LogP) is 1.92. The first-order valence-corrected chi connectivity index (χ1v) is 8.28. The van der Waals surface area contributed by atoms with Crippen molar-refractivity contribution >= 4 is 28.3 Å². The van der Waals surface area contributed by atoms with Gasteiger partial charge in [-0.3, -0.25) is 13.8 Å². The highest BCUT2D eigenvalue weighted by Crippen LogP contribution is 2.13. The van der Waals surface area contributed by atoms with Crippen LogP contribution in [0.5, 0.6) is 0 Å². The minimum Gasteiger partial charge on any atom is -0.366 e. The second-order valence-electron chi connectivity index (χ2n) is 4.82. The molecular formula is C16H16N2O3S. The maximum Gasteiger partial charge on any atom is 0.255 e. The number of primary amides is 1. The van der Waals surface area contributed by atoms with Crippen LogP contribution in [-0.4, -0.2) is 22.3 Å². The van der Waals surface area contributed by atoms with Crippen molar-refractivity contribution in [3.05, 3.63) is 65.2 Å². The molecule has 2 amide bonds. The Labute approximate surface area is 131 Å². The van der Waals surface area contributed by atoms with Crippen molar-refractivity contribution in [1.29, 1.82) is 0 Å². The molecule has 3 N–H and O–H groups in total. The molecule has 0 unspecified atom stereocenters. The Hall–Kier alpha value is -2.47. The Morgan fingerprint density at radius 1 is 1.09 bits per heavy atom. The lowest BCUT2D eigenvalue weighted by atomic mass is 10.1. The molecule has 0 saturated heterocycles. The van der Waals surface area contributed by atoms with Gasteiger partial charge in [0, 0.05) is 39.6 Å². The number of amides is 2. The van der Waals surface area contributed by atoms with E-state index < -0.39 is 16.7 Å². The lowest BCUT2D eigenvalue weighted by Crippen LogP contribution is -2.14. The Morgan fingerprint density at radius 3 is 2.45 bits per heavy atom. The summed E-state index contributed by atoms with van der Waals surface area (Å²) in [6.45, 7) is 0. The third kappa shape index (κ3) is 4.26. The van der Waals surface area contributed by atoms with Crippen LogP contribution >= 0.6 is 0 Å². The van der Waals surface area contributed by atoms with Crippen LogP contribution in [0, 0.1) is 0 Å². The Balaban J connectivity index is 2.17. The predicted molar refractivity (Wildman–Crippen MR) is 87.1 cm³/mol. The van der Waals surface area contributed by atoms with E-state index in [-0.39, 0.29) is 5.91 Å². The van der Waals surface area contributed by atoms with E-state index >= 15 is 0 Å². The highest BCUT2D eigenvalue weighted by Gasteiger charge is 2.09. The van der Waals surface area contributed by atoms with Crippen LogP contribution in [0.4, 0.5) is 5.69 Å². The fourth-order valence-electron chi connectivity index (χ4n) is 1.99. The summed E-state index contributed by atoms with van der Waals surface area (Å²) in [5, 5.41) is 2.71. The van der Waals surface area contributed by atoms with E-state index in [9.17, 15) is 13.8 Å². The van der Waals surface area contributed by atoms with Gasteiger partial charge in [-0.2, -0.15) is 0 Å². The van der Waals surface area contributed by atoms with E-state index in [1.54, 1.807) is 42.7 Å². The number of nitrogens with two attached hydrogens (primary N) is 1. The van der Waals surface area contributed by atoms with Crippen molar-refractivity contribution in [3.63, 3.8) is 0 Å². The molecule has 0 radical (unpaired) electrons. The van der Waals surface area contributed by atoms with E-state index in [1.165, 1.54) is 6.07 Å². The Morgan fingerprint density at radius 2 is 1.77 bits per heavy atom. The van der Waals surface area contributed by atoms with Crippen LogP contribution in [0.2, 0.25) is 0 Å². The van der Waals surface area contributed by atoms with Crippen molar-refractivity contribution in [1.82, 2.24) is 0 Å². The van der Waals surface area contributed by atoms with E-state index in [0.717, 1.165) is 5.56 Å². The van der Waals surface area contributed by atoms with E-state index in [1.807, 2.05) is 6.07 Å². The van der Waals surface area contributed by atoms with Gasteiger partial charge in [0.2, 0.25) is 5.91 Å². The third-order valence-corrected chi connectivity index (χ3v) is 3.70. The normalized spacial score (nSPS) is 11.7. The van der Waals surface area contributed by atoms with Gasteiger partial charge in [0.15, 0.2) is 0 Å². The zero-order chi connectivity index (χ0) is 16.1. The summed E-state index contributed by atoms with van der Waals surface area (Å²) >= 11 is 0. The first-order valence-electron chi connectivity index (χ1n) is 6.56. The molecule has 0 aromatic heterocycles. The van der Waals surface area contributed by atoms with Crippen LogP contribution < -0.4 is 11.1 Å². The summed E-state index contributed by atoms with van der Waals surface area (Å²) in [6, 6.07) is 13.4. The number of hydrogen-bond acceptors (Lipinski definition) is 3. The molecule has 6 heteroatoms. The molecule has 22 heavy (non-hydrogen) atoms. The van der Waals surface area contributed by atoms with Gasteiger partial charge in [-0.1, -0.05) is 18.2 Å². The van der Waals surface area contributed by atoms with Crippen molar-refractivity contribution in [2.24, 2.45) is 5.73 Å². The van der Waals surface area contributed by atoms with Gasteiger partial charge in [0.25, 0.3) is 5.91 Å². The van der Waals surface area contributed by atoms with Crippen LogP contribution in [-0.2, 0) is 16.6 Å². The summed E-state index contributed by atoms with van der Waals surface area (Å²) in [4.78, 5) is 23.4. The van der Waals surface area contributed by atoms with Crippen LogP contribution in [0.15, 0.2) is 48.5 Å². The summed E-state index contributed by atoms with van der Waals surface area (Å²) in [7, 11) is -0.967. The minimum atomic E-state index is -0.967. The number of carbonyl (C=O) groups excluding carboxylic acids is 2. The third-order valence-electron chi connectivity index (χ3n) is 2.96. The van der Waals surface area contributed by atoms with Crippen molar-refractivity contribution < 1.29 is 13.8 Å². The van der Waals surface area contributed by atoms with Crippen molar-refractivity contribution in [2.45, 2.75) is 5.75 Å². The van der Waals surface area contributed by atoms with E-state index in [2.05, 4.69) is 5.32 Å². The van der Waals surface area contributed by atoms with Gasteiger partial charge < -0.3 is 11.1 Å². The fourth-order valence-corrected chi connectivity index (χ4v) is 2.64. The van der Waals surface area contributed by atoms with E-state index in [4.69, 9.17) is 5.73 Å². The minimum absolute atomic E-state index is 0.301. The second kappa shape index (κ2) is 7.00. The molecule has 0 bridgehead atoms. The summed E-state index contributed by atoms with van der Waals surface area (Å²) in [6.07, 6.45) is 1.61. The molecule has 114 valence electrons. The quantitative estimate of drug-likeness (QED) is 0.883. The molecular weight excluding hydrogens is 300 g/mol. The second-order valence-corrected chi connectivity index (χ2v) is 6.25. The molecule has 0 aliphatic heterocycles. The lowest BCUT2D eigenvalue weighted by molar-refractivity contribution is 0.0996. The maximum atomic E-state index is 12.2. The van der Waals surface area contributed by atoms with Crippen LogP contribution in [0.1, 0.15) is 26.3 Å². The highest BCUT2D eigenvalue weighted by molar-refractivity contribution is 7.83. The number of benzene rings is 2. The lowest BCUT2D eigenvalue weighted by Gasteiger charge is -2.07. The molecule has 0 fully saturated rings. The largest absolute Gasteiger partial charge is 0.366 e. The molecule has 0 spiro atoms. The van der Waals surface area contributed by atoms with Gasteiger partial charge in [-0.05, 0) is 35.9 Å². The summed E-state index contributed by atoms with van der Waals surface area (Å²) < 4.78 is 11.3. The van der Waals surface area contributed by atoms with Crippen molar-refractivity contribution in [3.8, 4) is 0 Å². The van der Waals surface area contributed by atoms with Gasteiger partial charge in [0.1, 0.15) is 0 Å². The van der Waals surface area contributed by atoms with Gasteiger partial charge >= 0.3 is 0 Å². The van der Waals surface area contributed by atoms with Gasteiger partial charge in [-0.25, -0.2) is 0 Å². The molecule has 0 heterocycles. The molecule has 5 nitrogen and oxygen atoms in total. The molecule has 2 rings (SSSR count). The Kier molecular flexibility index (Phi) is 5.06. The van der Waals surface area contributed by atoms with Crippen molar-refractivity contribution in [2.75, 3.05) is 11.6 Å². The zero-order valence-electron chi connectivity index (χ0n) is 12.0. The molecule has 1 atom stereocenters. The summed E-state index contributed by atoms with van der Waals surface area (Å²) in [5.74, 6) is -0.452. The fraction of sp³-hybridized carbons (Fsp3) is 0.125. The maximum absolute atomic E-state index is 12.2. The van der Waals surface area contributed by atoms with Crippen LogP contribution in [0.3, 0.4) is 0 Å². The molecule has 0 aliphatic carbocycles. The number of hydrogen-bond donors (Lipinski definition) is 2. The number of anilines is 1. The molecule has 0 aliphatic rings. The highest BCUT2D eigenvalue weighted by atomic mass is 32.2. The zero-order valence-corrected chi connectivity index (χ0v) is 12.9. The number of rotatable bonds is 5. The Bertz CT molecular complexity index is 744.